The van der Waals surface area contributed by atoms with E-state index in [9.17, 15) is 13.6 Å². The fraction of sp³-hybridized carbons (Fsp3) is 0.0625. The van der Waals surface area contributed by atoms with Crippen molar-refractivity contribution in [1.82, 2.24) is 0 Å². The first-order valence-electron chi connectivity index (χ1n) is 6.32. The molecule has 0 unspecified atom stereocenters. The Hall–Kier alpha value is -2.40. The summed E-state index contributed by atoms with van der Waals surface area (Å²) in [6, 6.07) is 12.7. The molecule has 0 aliphatic rings. The Labute approximate surface area is 131 Å². The van der Waals surface area contributed by atoms with Gasteiger partial charge >= 0.3 is 6.61 Å². The molecule has 2 rings (SSSR count). The fourth-order valence-electron chi connectivity index (χ4n) is 1.68. The minimum Gasteiger partial charge on any atom is -0.435 e. The summed E-state index contributed by atoms with van der Waals surface area (Å²) in [4.78, 5) is 11.8. The molecule has 1 amide bonds. The molecule has 0 aliphatic carbocycles. The van der Waals surface area contributed by atoms with Crippen LogP contribution >= 0.6 is 11.6 Å². The molecule has 6 heteroatoms. The van der Waals surface area contributed by atoms with Crippen molar-refractivity contribution >= 4 is 29.3 Å². The van der Waals surface area contributed by atoms with Gasteiger partial charge in [0.15, 0.2) is 0 Å². The van der Waals surface area contributed by atoms with Gasteiger partial charge in [0.1, 0.15) is 5.75 Å². The molecular weight excluding hydrogens is 312 g/mol. The highest BCUT2D eigenvalue weighted by molar-refractivity contribution is 6.30. The van der Waals surface area contributed by atoms with Crippen LogP contribution in [0.3, 0.4) is 0 Å². The maximum absolute atomic E-state index is 12.1. The number of carbonyl (C=O) groups excluding carboxylic acids is 1. The van der Waals surface area contributed by atoms with Gasteiger partial charge in [0, 0.05) is 22.9 Å². The van der Waals surface area contributed by atoms with Gasteiger partial charge in [-0.1, -0.05) is 29.8 Å². The Balaban J connectivity index is 1.98. The van der Waals surface area contributed by atoms with E-state index in [4.69, 9.17) is 11.6 Å². The molecule has 3 nitrogen and oxygen atoms in total. The maximum Gasteiger partial charge on any atom is 0.387 e. The molecule has 0 aromatic heterocycles. The van der Waals surface area contributed by atoms with Crippen LogP contribution in [0.2, 0.25) is 5.02 Å². The summed E-state index contributed by atoms with van der Waals surface area (Å²) in [6.07, 6.45) is 2.95. The van der Waals surface area contributed by atoms with Gasteiger partial charge in [0.05, 0.1) is 0 Å². The predicted molar refractivity (Wildman–Crippen MR) is 82.2 cm³/mol. The van der Waals surface area contributed by atoms with E-state index in [1.807, 2.05) is 0 Å². The van der Waals surface area contributed by atoms with Gasteiger partial charge in [0.2, 0.25) is 5.91 Å². The SMILES string of the molecule is O=C(/C=C/c1ccc(Cl)cc1)Nc1cccc(OC(F)F)c1. The topological polar surface area (TPSA) is 38.3 Å². The number of nitrogens with one attached hydrogen (secondary N) is 1. The predicted octanol–water partition coefficient (Wildman–Crippen LogP) is 4.59. The van der Waals surface area contributed by atoms with E-state index in [-0.39, 0.29) is 11.7 Å². The number of halogens is 3. The lowest BCUT2D eigenvalue weighted by Crippen LogP contribution is -2.08. The minimum absolute atomic E-state index is 0.0190. The highest BCUT2D eigenvalue weighted by atomic mass is 35.5. The molecule has 0 saturated carbocycles. The van der Waals surface area contributed by atoms with E-state index in [2.05, 4.69) is 10.1 Å². The molecule has 2 aromatic rings. The van der Waals surface area contributed by atoms with E-state index >= 15 is 0 Å². The zero-order chi connectivity index (χ0) is 15.9. The number of carbonyl (C=O) groups is 1. The molecule has 0 fully saturated rings. The maximum atomic E-state index is 12.1. The summed E-state index contributed by atoms with van der Waals surface area (Å²) in [5.41, 5.74) is 1.18. The van der Waals surface area contributed by atoms with Crippen LogP contribution in [0.1, 0.15) is 5.56 Å². The average Bonchev–Trinajstić information content (AvgIpc) is 2.46. The van der Waals surface area contributed by atoms with Crippen molar-refractivity contribution < 1.29 is 18.3 Å². The highest BCUT2D eigenvalue weighted by Gasteiger charge is 2.05. The van der Waals surface area contributed by atoms with Crippen molar-refractivity contribution in [3.63, 3.8) is 0 Å². The second kappa shape index (κ2) is 7.56. The first kappa shape index (κ1) is 16.0. The van der Waals surface area contributed by atoms with Crippen LogP contribution in [0.25, 0.3) is 6.08 Å². The monoisotopic (exact) mass is 323 g/mol. The van der Waals surface area contributed by atoms with Crippen molar-refractivity contribution in [3.05, 3.63) is 65.2 Å². The van der Waals surface area contributed by atoms with E-state index in [0.29, 0.717) is 10.7 Å². The van der Waals surface area contributed by atoms with Gasteiger partial charge in [-0.15, -0.1) is 0 Å². The quantitative estimate of drug-likeness (QED) is 0.817. The lowest BCUT2D eigenvalue weighted by Gasteiger charge is -2.07. The molecule has 0 bridgehead atoms. The van der Waals surface area contributed by atoms with Crippen LogP contribution in [-0.2, 0) is 4.79 Å². The Morgan fingerprint density at radius 2 is 1.91 bits per heavy atom. The summed E-state index contributed by atoms with van der Waals surface area (Å²) in [6.45, 7) is -2.91. The number of benzene rings is 2. The van der Waals surface area contributed by atoms with Crippen LogP contribution < -0.4 is 10.1 Å². The van der Waals surface area contributed by atoms with Crippen LogP contribution in [0, 0.1) is 0 Å². The molecule has 0 atom stereocenters. The van der Waals surface area contributed by atoms with Crippen molar-refractivity contribution in [2.45, 2.75) is 6.61 Å². The van der Waals surface area contributed by atoms with E-state index in [0.717, 1.165) is 5.56 Å². The number of ether oxygens (including phenoxy) is 1. The van der Waals surface area contributed by atoms with Gasteiger partial charge < -0.3 is 10.1 Å². The third-order valence-electron chi connectivity index (χ3n) is 2.62. The van der Waals surface area contributed by atoms with E-state index in [1.165, 1.54) is 24.3 Å². The van der Waals surface area contributed by atoms with Crippen molar-refractivity contribution in [1.29, 1.82) is 0 Å². The van der Waals surface area contributed by atoms with Gasteiger partial charge in [-0.25, -0.2) is 0 Å². The van der Waals surface area contributed by atoms with Gasteiger partial charge in [-0.3, -0.25) is 4.79 Å². The lowest BCUT2D eigenvalue weighted by atomic mass is 10.2. The molecule has 0 radical (unpaired) electrons. The smallest absolute Gasteiger partial charge is 0.387 e. The first-order valence-corrected chi connectivity index (χ1v) is 6.70. The van der Waals surface area contributed by atoms with Gasteiger partial charge in [-0.05, 0) is 35.9 Å². The van der Waals surface area contributed by atoms with Gasteiger partial charge in [-0.2, -0.15) is 8.78 Å². The second-order valence-corrected chi connectivity index (χ2v) is 4.72. The minimum atomic E-state index is -2.91. The molecule has 0 aliphatic heterocycles. The van der Waals surface area contributed by atoms with Crippen LogP contribution in [0.5, 0.6) is 5.75 Å². The lowest BCUT2D eigenvalue weighted by molar-refractivity contribution is -0.111. The average molecular weight is 324 g/mol. The molecule has 22 heavy (non-hydrogen) atoms. The van der Waals surface area contributed by atoms with E-state index in [1.54, 1.807) is 36.4 Å². The summed E-state index contributed by atoms with van der Waals surface area (Å²) < 4.78 is 28.5. The number of anilines is 1. The molecule has 114 valence electrons. The fourth-order valence-corrected chi connectivity index (χ4v) is 1.81. The van der Waals surface area contributed by atoms with Gasteiger partial charge in [0.25, 0.3) is 0 Å². The van der Waals surface area contributed by atoms with E-state index < -0.39 is 6.61 Å². The van der Waals surface area contributed by atoms with Crippen LogP contribution in [-0.4, -0.2) is 12.5 Å². The Kier molecular flexibility index (Phi) is 5.49. The molecule has 2 aromatic carbocycles. The number of hydrogen-bond acceptors (Lipinski definition) is 2. The molecule has 0 spiro atoms. The molecule has 0 saturated heterocycles. The molecule has 1 N–H and O–H groups in total. The number of alkyl halides is 2. The largest absolute Gasteiger partial charge is 0.435 e. The Bertz CT molecular complexity index is 672. The molecular formula is C16H12ClF2NO2. The molecule has 0 heterocycles. The second-order valence-electron chi connectivity index (χ2n) is 4.28. The summed E-state index contributed by atoms with van der Waals surface area (Å²) >= 11 is 5.76. The van der Waals surface area contributed by atoms with Crippen molar-refractivity contribution in [2.75, 3.05) is 5.32 Å². The first-order chi connectivity index (χ1) is 10.5. The zero-order valence-electron chi connectivity index (χ0n) is 11.3. The highest BCUT2D eigenvalue weighted by Crippen LogP contribution is 2.19. The zero-order valence-corrected chi connectivity index (χ0v) is 12.1. The van der Waals surface area contributed by atoms with Crippen molar-refractivity contribution in [3.8, 4) is 5.75 Å². The summed E-state index contributed by atoms with van der Waals surface area (Å²) in [5, 5.41) is 3.17. The standard InChI is InChI=1S/C16H12ClF2NO2/c17-12-7-4-11(5-8-12)6-9-15(21)20-13-2-1-3-14(10-13)22-16(18)19/h1-10,16H,(H,20,21)/b9-6+. The number of amides is 1. The van der Waals surface area contributed by atoms with Crippen LogP contribution in [0.15, 0.2) is 54.6 Å². The Morgan fingerprint density at radius 1 is 1.18 bits per heavy atom. The number of rotatable bonds is 5. The normalized spacial score (nSPS) is 10.9. The van der Waals surface area contributed by atoms with Crippen LogP contribution in [0.4, 0.5) is 14.5 Å². The number of hydrogen-bond donors (Lipinski definition) is 1. The third kappa shape index (κ3) is 5.18. The Morgan fingerprint density at radius 3 is 2.59 bits per heavy atom. The van der Waals surface area contributed by atoms with Crippen molar-refractivity contribution in [2.24, 2.45) is 0 Å². The summed E-state index contributed by atoms with van der Waals surface area (Å²) in [5.74, 6) is -0.404. The third-order valence-corrected chi connectivity index (χ3v) is 2.88. The summed E-state index contributed by atoms with van der Waals surface area (Å²) in [7, 11) is 0.